The van der Waals surface area contributed by atoms with Gasteiger partial charge >= 0.3 is 0 Å². The van der Waals surface area contributed by atoms with E-state index in [0.717, 1.165) is 39.1 Å². The van der Waals surface area contributed by atoms with E-state index in [9.17, 15) is 0 Å². The van der Waals surface area contributed by atoms with Gasteiger partial charge in [0.15, 0.2) is 0 Å². The van der Waals surface area contributed by atoms with Crippen LogP contribution in [-0.2, 0) is 18.9 Å². The summed E-state index contributed by atoms with van der Waals surface area (Å²) >= 11 is 0. The lowest BCUT2D eigenvalue weighted by molar-refractivity contribution is 0.00618. The van der Waals surface area contributed by atoms with Crippen LogP contribution in [0, 0.1) is 0 Å². The van der Waals surface area contributed by atoms with Crippen LogP contribution in [-0.4, -0.2) is 76.5 Å². The van der Waals surface area contributed by atoms with Crippen LogP contribution in [0.1, 0.15) is 52.9 Å². The normalized spacial score (nSPS) is 20.0. The minimum absolute atomic E-state index is 0.164. The number of ether oxygens (including phenoxy) is 4. The molecule has 0 aromatic rings. The van der Waals surface area contributed by atoms with E-state index in [4.69, 9.17) is 18.9 Å². The first kappa shape index (κ1) is 24.4. The molecule has 0 aromatic carbocycles. The maximum absolute atomic E-state index is 6.02. The second-order valence-electron chi connectivity index (χ2n) is 7.74. The highest BCUT2D eigenvalue weighted by Crippen LogP contribution is 2.28. The van der Waals surface area contributed by atoms with E-state index in [1.807, 2.05) is 0 Å². The average Bonchev–Trinajstić information content (AvgIpc) is 3.07. The van der Waals surface area contributed by atoms with Gasteiger partial charge in [0.25, 0.3) is 0 Å². The number of hydrogen-bond donors (Lipinski definition) is 3. The van der Waals surface area contributed by atoms with Gasteiger partial charge in [0.05, 0.1) is 57.6 Å². The molecule has 1 aliphatic heterocycles. The number of hydrazine groups is 2. The summed E-state index contributed by atoms with van der Waals surface area (Å²) in [5.74, 6) is 0. The maximum Gasteiger partial charge on any atom is 0.100 e. The van der Waals surface area contributed by atoms with Gasteiger partial charge in [-0.3, -0.25) is 5.01 Å². The zero-order chi connectivity index (χ0) is 20.7. The van der Waals surface area contributed by atoms with E-state index in [1.165, 1.54) is 30.7 Å². The molecule has 8 heteroatoms. The van der Waals surface area contributed by atoms with Gasteiger partial charge in [0, 0.05) is 19.2 Å². The molecular weight excluding hydrogens is 372 g/mol. The molecule has 0 saturated heterocycles. The number of nitrogens with one attached hydrogen (secondary N) is 3. The molecular formula is C21H42N4O4. The van der Waals surface area contributed by atoms with E-state index in [0.29, 0.717) is 39.1 Å². The van der Waals surface area contributed by atoms with Crippen molar-refractivity contribution in [2.45, 2.75) is 65.0 Å². The van der Waals surface area contributed by atoms with Crippen LogP contribution < -0.4 is 16.3 Å². The summed E-state index contributed by atoms with van der Waals surface area (Å²) in [5, 5.41) is 5.47. The fraction of sp³-hybridized carbons (Fsp3) is 0.905. The molecule has 1 aliphatic carbocycles. The molecule has 1 atom stereocenters. The molecule has 0 fully saturated rings. The highest BCUT2D eigenvalue weighted by molar-refractivity contribution is 5.19. The molecule has 0 bridgehead atoms. The quantitative estimate of drug-likeness (QED) is 0.351. The van der Waals surface area contributed by atoms with Crippen molar-refractivity contribution in [2.75, 3.05) is 59.3 Å². The Hall–Kier alpha value is -0.900. The third kappa shape index (κ3) is 9.63. The SMILES string of the molecule is CCOC1CCCCCC2=C1N(CCOCCOCCOCCNC(C)C)NN2. The summed E-state index contributed by atoms with van der Waals surface area (Å²) in [5.41, 5.74) is 9.15. The van der Waals surface area contributed by atoms with E-state index in [-0.39, 0.29) is 6.10 Å². The maximum atomic E-state index is 6.02. The Kier molecular flexibility index (Phi) is 12.6. The monoisotopic (exact) mass is 414 g/mol. The van der Waals surface area contributed by atoms with Gasteiger partial charge in [0.1, 0.15) is 6.10 Å². The topological polar surface area (TPSA) is 76.2 Å². The molecule has 1 heterocycles. The average molecular weight is 415 g/mol. The van der Waals surface area contributed by atoms with Crippen molar-refractivity contribution >= 4 is 0 Å². The fourth-order valence-electron chi connectivity index (χ4n) is 3.58. The summed E-state index contributed by atoms with van der Waals surface area (Å²) in [6.45, 7) is 12.5. The van der Waals surface area contributed by atoms with Gasteiger partial charge in [-0.25, -0.2) is 0 Å². The van der Waals surface area contributed by atoms with Gasteiger partial charge in [-0.15, -0.1) is 5.53 Å². The van der Waals surface area contributed by atoms with Crippen LogP contribution in [0.4, 0.5) is 0 Å². The zero-order valence-corrected chi connectivity index (χ0v) is 18.6. The Bertz CT molecular complexity index is 462. The van der Waals surface area contributed by atoms with E-state index < -0.39 is 0 Å². The smallest absolute Gasteiger partial charge is 0.100 e. The van der Waals surface area contributed by atoms with Crippen LogP contribution in [0.3, 0.4) is 0 Å². The third-order valence-corrected chi connectivity index (χ3v) is 5.01. The highest BCUT2D eigenvalue weighted by Gasteiger charge is 2.30. The van der Waals surface area contributed by atoms with Crippen LogP contribution in [0.15, 0.2) is 11.4 Å². The number of hydrogen-bond acceptors (Lipinski definition) is 8. The molecule has 8 nitrogen and oxygen atoms in total. The first-order valence-corrected chi connectivity index (χ1v) is 11.3. The Morgan fingerprint density at radius 1 is 1.00 bits per heavy atom. The Morgan fingerprint density at radius 3 is 2.45 bits per heavy atom. The Labute approximate surface area is 176 Å². The van der Waals surface area contributed by atoms with Gasteiger partial charge in [-0.1, -0.05) is 26.7 Å². The molecule has 29 heavy (non-hydrogen) atoms. The lowest BCUT2D eigenvalue weighted by Crippen LogP contribution is -2.42. The molecule has 170 valence electrons. The Morgan fingerprint density at radius 2 is 1.72 bits per heavy atom. The van der Waals surface area contributed by atoms with Crippen molar-refractivity contribution in [3.63, 3.8) is 0 Å². The second-order valence-corrected chi connectivity index (χ2v) is 7.74. The largest absolute Gasteiger partial charge is 0.378 e. The van der Waals surface area contributed by atoms with Crippen LogP contribution >= 0.6 is 0 Å². The minimum atomic E-state index is 0.164. The molecule has 2 rings (SSSR count). The number of nitrogens with zero attached hydrogens (tertiary/aromatic N) is 1. The Balaban J connectivity index is 1.53. The van der Waals surface area contributed by atoms with E-state index in [2.05, 4.69) is 42.1 Å². The first-order valence-electron chi connectivity index (χ1n) is 11.3. The summed E-state index contributed by atoms with van der Waals surface area (Å²) in [4.78, 5) is 0. The molecule has 0 saturated carbocycles. The molecule has 2 aliphatic rings. The molecule has 3 N–H and O–H groups in total. The van der Waals surface area contributed by atoms with Gasteiger partial charge in [-0.05, 0) is 26.2 Å². The van der Waals surface area contributed by atoms with Crippen molar-refractivity contribution in [1.29, 1.82) is 0 Å². The van der Waals surface area contributed by atoms with Crippen molar-refractivity contribution in [3.05, 3.63) is 11.4 Å². The minimum Gasteiger partial charge on any atom is -0.378 e. The molecule has 1 unspecified atom stereocenters. The fourth-order valence-corrected chi connectivity index (χ4v) is 3.58. The lowest BCUT2D eigenvalue weighted by atomic mass is 9.99. The zero-order valence-electron chi connectivity index (χ0n) is 18.6. The molecule has 0 spiro atoms. The van der Waals surface area contributed by atoms with E-state index in [1.54, 1.807) is 0 Å². The summed E-state index contributed by atoms with van der Waals surface area (Å²) in [6, 6.07) is 0.499. The van der Waals surface area contributed by atoms with Crippen LogP contribution in [0.5, 0.6) is 0 Å². The van der Waals surface area contributed by atoms with Gasteiger partial charge < -0.3 is 29.7 Å². The molecule has 0 aromatic heterocycles. The first-order chi connectivity index (χ1) is 14.2. The van der Waals surface area contributed by atoms with Crippen LogP contribution in [0.25, 0.3) is 0 Å². The van der Waals surface area contributed by atoms with Crippen molar-refractivity contribution in [3.8, 4) is 0 Å². The summed E-state index contributed by atoms with van der Waals surface area (Å²) < 4.78 is 22.8. The number of allylic oxidation sites excluding steroid dienone is 1. The van der Waals surface area contributed by atoms with Crippen molar-refractivity contribution in [1.82, 2.24) is 21.3 Å². The summed E-state index contributed by atoms with van der Waals surface area (Å²) in [7, 11) is 0. The third-order valence-electron chi connectivity index (χ3n) is 5.01. The van der Waals surface area contributed by atoms with Gasteiger partial charge in [-0.2, -0.15) is 0 Å². The second kappa shape index (κ2) is 15.0. The lowest BCUT2D eigenvalue weighted by Gasteiger charge is -2.28. The predicted octanol–water partition coefficient (Wildman–Crippen LogP) is 1.94. The number of rotatable bonds is 15. The predicted molar refractivity (Wildman–Crippen MR) is 114 cm³/mol. The molecule has 0 amide bonds. The summed E-state index contributed by atoms with van der Waals surface area (Å²) in [6.07, 6.45) is 6.04. The van der Waals surface area contributed by atoms with Gasteiger partial charge in [0.2, 0.25) is 0 Å². The van der Waals surface area contributed by atoms with Crippen LogP contribution in [0.2, 0.25) is 0 Å². The standard InChI is InChI=1S/C21H42N4O4/c1-4-29-20-9-7-5-6-8-19-21(20)25(24-23-19)11-13-27-15-17-28-16-14-26-12-10-22-18(2)3/h18,20,22-24H,4-17H2,1-3H3. The highest BCUT2D eigenvalue weighted by atomic mass is 16.5. The van der Waals surface area contributed by atoms with E-state index >= 15 is 0 Å². The van der Waals surface area contributed by atoms with Crippen molar-refractivity contribution < 1.29 is 18.9 Å². The molecule has 0 radical (unpaired) electrons. The van der Waals surface area contributed by atoms with Crippen molar-refractivity contribution in [2.24, 2.45) is 0 Å².